The molecular weight excluding hydrogens is 443 g/mol. The van der Waals surface area contributed by atoms with Crippen LogP contribution in [0.5, 0.6) is 5.75 Å². The summed E-state index contributed by atoms with van der Waals surface area (Å²) in [6, 6.07) is 17.1. The van der Waals surface area contributed by atoms with Crippen molar-refractivity contribution in [1.82, 2.24) is 9.88 Å². The Morgan fingerprint density at radius 1 is 1.15 bits per heavy atom. The molecule has 9 heteroatoms. The third-order valence-corrected chi connectivity index (χ3v) is 5.61. The average molecular weight is 465 g/mol. The van der Waals surface area contributed by atoms with Crippen molar-refractivity contribution in [3.8, 4) is 5.75 Å². The van der Waals surface area contributed by atoms with E-state index in [-0.39, 0.29) is 29.9 Å². The van der Waals surface area contributed by atoms with Crippen LogP contribution < -0.4 is 15.0 Å². The van der Waals surface area contributed by atoms with Gasteiger partial charge in [0, 0.05) is 18.0 Å². The van der Waals surface area contributed by atoms with Crippen LogP contribution in [-0.2, 0) is 16.1 Å². The molecule has 1 aliphatic heterocycles. The minimum absolute atomic E-state index is 0.135. The molecule has 168 valence electrons. The first-order valence-corrected chi connectivity index (χ1v) is 10.6. The fourth-order valence-corrected chi connectivity index (χ4v) is 3.98. The van der Waals surface area contributed by atoms with Crippen molar-refractivity contribution in [2.75, 3.05) is 17.3 Å². The van der Waals surface area contributed by atoms with Crippen molar-refractivity contribution in [2.45, 2.75) is 19.0 Å². The first kappa shape index (κ1) is 22.3. The number of amides is 2. The summed E-state index contributed by atoms with van der Waals surface area (Å²) in [4.78, 5) is 33.7. The third kappa shape index (κ3) is 4.98. The monoisotopic (exact) mass is 464 g/mol. The lowest BCUT2D eigenvalue weighted by Crippen LogP contribution is -2.37. The SMILES string of the molecule is COc1cccc(N2C(=O)[C@H](CC(=O)Nc3ccc(F)cc3)N(Cc3ccccn3)C2=S)c1. The number of ether oxygens (including phenoxy) is 1. The Kier molecular flexibility index (Phi) is 6.60. The third-order valence-electron chi connectivity index (χ3n) is 5.20. The number of rotatable bonds is 7. The molecule has 2 heterocycles. The van der Waals surface area contributed by atoms with Crippen LogP contribution in [0.2, 0.25) is 0 Å². The van der Waals surface area contributed by atoms with Gasteiger partial charge in [-0.2, -0.15) is 0 Å². The van der Waals surface area contributed by atoms with Gasteiger partial charge in [-0.05, 0) is 60.7 Å². The highest BCUT2D eigenvalue weighted by Gasteiger charge is 2.44. The lowest BCUT2D eigenvalue weighted by molar-refractivity contribution is -0.124. The molecule has 3 aromatic rings. The fourth-order valence-electron chi connectivity index (χ4n) is 3.59. The Balaban J connectivity index is 1.60. The predicted molar refractivity (Wildman–Crippen MR) is 126 cm³/mol. The van der Waals surface area contributed by atoms with Gasteiger partial charge in [0.25, 0.3) is 5.91 Å². The molecule has 0 radical (unpaired) electrons. The van der Waals surface area contributed by atoms with Gasteiger partial charge in [0.1, 0.15) is 17.6 Å². The van der Waals surface area contributed by atoms with E-state index >= 15 is 0 Å². The summed E-state index contributed by atoms with van der Waals surface area (Å²) in [6.07, 6.45) is 1.52. The van der Waals surface area contributed by atoms with E-state index in [0.717, 1.165) is 0 Å². The second kappa shape index (κ2) is 9.74. The first-order valence-electron chi connectivity index (χ1n) is 10.2. The first-order chi connectivity index (χ1) is 16.0. The van der Waals surface area contributed by atoms with Gasteiger partial charge < -0.3 is 15.0 Å². The summed E-state index contributed by atoms with van der Waals surface area (Å²) in [6.45, 7) is 0.264. The lowest BCUT2D eigenvalue weighted by atomic mass is 10.1. The van der Waals surface area contributed by atoms with Crippen molar-refractivity contribution in [3.05, 3.63) is 84.4 Å². The van der Waals surface area contributed by atoms with Gasteiger partial charge in [-0.3, -0.25) is 19.5 Å². The Morgan fingerprint density at radius 3 is 2.64 bits per heavy atom. The summed E-state index contributed by atoms with van der Waals surface area (Å²) < 4.78 is 18.4. The van der Waals surface area contributed by atoms with E-state index in [1.165, 1.54) is 29.2 Å². The lowest BCUT2D eigenvalue weighted by Gasteiger charge is -2.23. The van der Waals surface area contributed by atoms with Crippen molar-refractivity contribution in [1.29, 1.82) is 0 Å². The van der Waals surface area contributed by atoms with Crippen LogP contribution in [0.1, 0.15) is 12.1 Å². The second-order valence-corrected chi connectivity index (χ2v) is 7.75. The number of halogens is 1. The Bertz CT molecular complexity index is 1170. The van der Waals surface area contributed by atoms with E-state index in [9.17, 15) is 14.0 Å². The van der Waals surface area contributed by atoms with E-state index in [2.05, 4.69) is 10.3 Å². The Morgan fingerprint density at radius 2 is 1.94 bits per heavy atom. The highest BCUT2D eigenvalue weighted by Crippen LogP contribution is 2.30. The Labute approximate surface area is 195 Å². The number of carbonyl (C=O) groups excluding carboxylic acids is 2. The van der Waals surface area contributed by atoms with E-state index in [1.54, 1.807) is 48.5 Å². The van der Waals surface area contributed by atoms with Crippen molar-refractivity contribution >= 4 is 40.5 Å². The normalized spacial score (nSPS) is 15.6. The van der Waals surface area contributed by atoms with E-state index < -0.39 is 11.9 Å². The second-order valence-electron chi connectivity index (χ2n) is 7.38. The number of benzene rings is 2. The zero-order valence-electron chi connectivity index (χ0n) is 17.8. The molecule has 1 atom stereocenters. The van der Waals surface area contributed by atoms with Crippen LogP contribution in [-0.4, -0.2) is 40.0 Å². The molecule has 1 saturated heterocycles. The molecular formula is C24H21FN4O3S. The molecule has 0 unspecified atom stereocenters. The number of hydrogen-bond acceptors (Lipinski definition) is 5. The van der Waals surface area contributed by atoms with E-state index in [1.807, 2.05) is 12.1 Å². The number of nitrogens with one attached hydrogen (secondary N) is 1. The maximum atomic E-state index is 13.5. The van der Waals surface area contributed by atoms with E-state index in [0.29, 0.717) is 22.8 Å². The summed E-state index contributed by atoms with van der Waals surface area (Å²) in [5, 5.41) is 2.98. The summed E-state index contributed by atoms with van der Waals surface area (Å²) >= 11 is 5.66. The molecule has 1 fully saturated rings. The van der Waals surface area contributed by atoms with Crippen LogP contribution in [0, 0.1) is 5.82 Å². The molecule has 1 N–H and O–H groups in total. The van der Waals surface area contributed by atoms with Crippen molar-refractivity contribution < 1.29 is 18.7 Å². The van der Waals surface area contributed by atoms with Gasteiger partial charge in [-0.25, -0.2) is 4.39 Å². The molecule has 0 aliphatic carbocycles. The predicted octanol–water partition coefficient (Wildman–Crippen LogP) is 3.76. The fraction of sp³-hybridized carbons (Fsp3) is 0.167. The highest BCUT2D eigenvalue weighted by molar-refractivity contribution is 7.80. The van der Waals surface area contributed by atoms with Crippen molar-refractivity contribution in [3.63, 3.8) is 0 Å². The van der Waals surface area contributed by atoms with Crippen LogP contribution in [0.3, 0.4) is 0 Å². The molecule has 0 saturated carbocycles. The quantitative estimate of drug-likeness (QED) is 0.537. The molecule has 7 nitrogen and oxygen atoms in total. The average Bonchev–Trinajstić information content (AvgIpc) is 3.05. The van der Waals surface area contributed by atoms with Gasteiger partial charge in [0.2, 0.25) is 5.91 Å². The molecule has 0 spiro atoms. The van der Waals surface area contributed by atoms with Gasteiger partial charge in [0.05, 0.1) is 31.5 Å². The Hall–Kier alpha value is -3.85. The maximum Gasteiger partial charge on any atom is 0.256 e. The van der Waals surface area contributed by atoms with Crippen LogP contribution in [0.4, 0.5) is 15.8 Å². The zero-order valence-corrected chi connectivity index (χ0v) is 18.6. The van der Waals surface area contributed by atoms with Crippen LogP contribution in [0.25, 0.3) is 0 Å². The highest BCUT2D eigenvalue weighted by atomic mass is 32.1. The minimum Gasteiger partial charge on any atom is -0.497 e. The van der Waals surface area contributed by atoms with Crippen LogP contribution in [0.15, 0.2) is 72.9 Å². The number of thiocarbonyl (C=S) groups is 1. The minimum atomic E-state index is -0.828. The molecule has 1 aromatic heterocycles. The summed E-state index contributed by atoms with van der Waals surface area (Å²) in [5.74, 6) is -0.531. The summed E-state index contributed by atoms with van der Waals surface area (Å²) in [7, 11) is 1.54. The summed E-state index contributed by atoms with van der Waals surface area (Å²) in [5.41, 5.74) is 1.70. The number of hydrogen-bond donors (Lipinski definition) is 1. The molecule has 2 aromatic carbocycles. The van der Waals surface area contributed by atoms with Crippen LogP contribution >= 0.6 is 12.2 Å². The topological polar surface area (TPSA) is 74.8 Å². The van der Waals surface area contributed by atoms with Gasteiger partial charge >= 0.3 is 0 Å². The van der Waals surface area contributed by atoms with Gasteiger partial charge in [0.15, 0.2) is 5.11 Å². The van der Waals surface area contributed by atoms with Gasteiger partial charge in [-0.1, -0.05) is 12.1 Å². The number of carbonyl (C=O) groups is 2. The molecule has 1 aliphatic rings. The smallest absolute Gasteiger partial charge is 0.256 e. The number of aromatic nitrogens is 1. The van der Waals surface area contributed by atoms with E-state index in [4.69, 9.17) is 17.0 Å². The maximum absolute atomic E-state index is 13.5. The number of anilines is 2. The number of pyridine rings is 1. The zero-order chi connectivity index (χ0) is 23.4. The largest absolute Gasteiger partial charge is 0.497 e. The standard InChI is InChI=1S/C24H21FN4O3S/c1-32-20-7-4-6-19(13-20)29-23(31)21(14-22(30)27-17-10-8-16(25)9-11-17)28(24(29)33)15-18-5-2-3-12-26-18/h2-13,21H,14-15H2,1H3,(H,27,30)/t21-/m0/s1. The number of nitrogens with zero attached hydrogens (tertiary/aromatic N) is 3. The van der Waals surface area contributed by atoms with Gasteiger partial charge in [-0.15, -0.1) is 0 Å². The molecule has 2 amide bonds. The number of methoxy groups -OCH3 is 1. The molecule has 33 heavy (non-hydrogen) atoms. The molecule has 0 bridgehead atoms. The van der Waals surface area contributed by atoms with Crippen molar-refractivity contribution in [2.24, 2.45) is 0 Å². The molecule has 4 rings (SSSR count).